The summed E-state index contributed by atoms with van der Waals surface area (Å²) in [6.45, 7) is 0.699. The Hall–Kier alpha value is -1.00. The zero-order valence-electron chi connectivity index (χ0n) is 5.83. The first kappa shape index (κ1) is 7.11. The molecule has 0 spiro atoms. The Kier molecular flexibility index (Phi) is 2.79. The minimum Gasteiger partial charge on any atom is -0.261 e. The van der Waals surface area contributed by atoms with Crippen LogP contribution >= 0.6 is 0 Å². The molecule has 0 fully saturated rings. The molecule has 0 amide bonds. The van der Waals surface area contributed by atoms with Gasteiger partial charge in [-0.05, 0) is 7.05 Å². The highest BCUT2D eigenvalue weighted by Crippen LogP contribution is 1.86. The lowest BCUT2D eigenvalue weighted by atomic mass is 10.5. The van der Waals surface area contributed by atoms with E-state index in [4.69, 9.17) is 0 Å². The van der Waals surface area contributed by atoms with E-state index in [1.165, 1.54) is 0 Å². The van der Waals surface area contributed by atoms with Crippen LogP contribution < -0.4 is 10.9 Å². The Bertz CT molecular complexity index is 174. The Morgan fingerprint density at radius 1 is 1.50 bits per heavy atom. The average Bonchev–Trinajstić information content (AvgIpc) is 2.03. The van der Waals surface area contributed by atoms with Gasteiger partial charge in [-0.15, -0.1) is 0 Å². The molecule has 0 saturated carbocycles. The van der Waals surface area contributed by atoms with E-state index >= 15 is 0 Å². The van der Waals surface area contributed by atoms with Crippen LogP contribution in [0.3, 0.4) is 0 Å². The summed E-state index contributed by atoms with van der Waals surface area (Å²) < 4.78 is 0. The summed E-state index contributed by atoms with van der Waals surface area (Å²) in [7, 11) is 1.82. The Labute approximate surface area is 59.7 Å². The molecule has 1 heterocycles. The number of aromatic nitrogens is 2. The van der Waals surface area contributed by atoms with Crippen LogP contribution in [0.25, 0.3) is 0 Å². The first-order chi connectivity index (χ1) is 4.93. The van der Waals surface area contributed by atoms with E-state index in [1.54, 1.807) is 18.6 Å². The molecule has 1 aromatic rings. The van der Waals surface area contributed by atoms with Gasteiger partial charge in [0.25, 0.3) is 0 Å². The van der Waals surface area contributed by atoms with Gasteiger partial charge in [-0.2, -0.15) is 0 Å². The molecule has 4 nitrogen and oxygen atoms in total. The van der Waals surface area contributed by atoms with Crippen molar-refractivity contribution in [2.24, 2.45) is 0 Å². The quantitative estimate of drug-likeness (QED) is 0.563. The summed E-state index contributed by atoms with van der Waals surface area (Å²) >= 11 is 0. The second kappa shape index (κ2) is 3.92. The number of nitrogens with zero attached hydrogens (tertiary/aromatic N) is 2. The van der Waals surface area contributed by atoms with E-state index < -0.39 is 0 Å². The average molecular weight is 138 g/mol. The molecule has 0 aliphatic carbocycles. The zero-order chi connectivity index (χ0) is 7.23. The molecule has 0 bridgehead atoms. The molecule has 0 aromatic carbocycles. The van der Waals surface area contributed by atoms with E-state index in [0.717, 1.165) is 5.69 Å². The maximum Gasteiger partial charge on any atom is 0.0738 e. The van der Waals surface area contributed by atoms with Crippen LogP contribution in [0.1, 0.15) is 5.69 Å². The van der Waals surface area contributed by atoms with Crippen molar-refractivity contribution in [1.82, 2.24) is 20.8 Å². The third kappa shape index (κ3) is 2.08. The zero-order valence-corrected chi connectivity index (χ0v) is 5.83. The second-order valence-electron chi connectivity index (χ2n) is 1.80. The van der Waals surface area contributed by atoms with Gasteiger partial charge in [-0.3, -0.25) is 20.8 Å². The maximum atomic E-state index is 4.05. The van der Waals surface area contributed by atoms with Crippen molar-refractivity contribution in [1.29, 1.82) is 0 Å². The lowest BCUT2D eigenvalue weighted by molar-refractivity contribution is 0.586. The van der Waals surface area contributed by atoms with Crippen LogP contribution in [0.4, 0.5) is 0 Å². The standard InChI is InChI=1S/C6H10N4/c1-7-10-5-6-4-8-2-3-9-6/h2-4,7,10H,5H2,1H3. The van der Waals surface area contributed by atoms with Crippen molar-refractivity contribution in [3.05, 3.63) is 24.3 Å². The molecule has 0 atom stereocenters. The molecule has 0 aliphatic rings. The molecule has 10 heavy (non-hydrogen) atoms. The SMILES string of the molecule is CNNCc1cnccn1. The van der Waals surface area contributed by atoms with E-state index in [1.807, 2.05) is 7.05 Å². The Morgan fingerprint density at radius 2 is 2.40 bits per heavy atom. The van der Waals surface area contributed by atoms with E-state index in [9.17, 15) is 0 Å². The van der Waals surface area contributed by atoms with Gasteiger partial charge in [0, 0.05) is 18.6 Å². The van der Waals surface area contributed by atoms with E-state index in [0.29, 0.717) is 6.54 Å². The van der Waals surface area contributed by atoms with Crippen LogP contribution in [0.5, 0.6) is 0 Å². The maximum absolute atomic E-state index is 4.05. The monoisotopic (exact) mass is 138 g/mol. The van der Waals surface area contributed by atoms with Gasteiger partial charge in [0.1, 0.15) is 0 Å². The molecular formula is C6H10N4. The van der Waals surface area contributed by atoms with Gasteiger partial charge in [-0.1, -0.05) is 0 Å². The summed E-state index contributed by atoms with van der Waals surface area (Å²) in [5.74, 6) is 0. The third-order valence-corrected chi connectivity index (χ3v) is 1.06. The first-order valence-corrected chi connectivity index (χ1v) is 3.08. The Balaban J connectivity index is 2.43. The number of hydrogen-bond donors (Lipinski definition) is 2. The predicted molar refractivity (Wildman–Crippen MR) is 37.9 cm³/mol. The highest BCUT2D eigenvalue weighted by atomic mass is 15.3. The minimum absolute atomic E-state index is 0.699. The largest absolute Gasteiger partial charge is 0.261 e. The van der Waals surface area contributed by atoms with Gasteiger partial charge in [-0.25, -0.2) is 0 Å². The summed E-state index contributed by atoms with van der Waals surface area (Å²) in [5, 5.41) is 0. The lowest BCUT2D eigenvalue weighted by Crippen LogP contribution is -2.27. The van der Waals surface area contributed by atoms with Gasteiger partial charge in [0.2, 0.25) is 0 Å². The molecule has 0 unspecified atom stereocenters. The van der Waals surface area contributed by atoms with Gasteiger partial charge >= 0.3 is 0 Å². The highest BCUT2D eigenvalue weighted by Gasteiger charge is 1.88. The fourth-order valence-electron chi connectivity index (χ4n) is 0.600. The molecule has 4 heteroatoms. The molecule has 54 valence electrons. The number of rotatable bonds is 3. The molecule has 0 aliphatic heterocycles. The topological polar surface area (TPSA) is 49.8 Å². The van der Waals surface area contributed by atoms with Crippen molar-refractivity contribution >= 4 is 0 Å². The number of hydrazine groups is 1. The molecule has 2 N–H and O–H groups in total. The van der Waals surface area contributed by atoms with Crippen molar-refractivity contribution in [3.8, 4) is 0 Å². The van der Waals surface area contributed by atoms with Crippen LogP contribution in [0.2, 0.25) is 0 Å². The van der Waals surface area contributed by atoms with E-state index in [-0.39, 0.29) is 0 Å². The normalized spacial score (nSPS) is 9.70. The van der Waals surface area contributed by atoms with Crippen LogP contribution in [-0.4, -0.2) is 17.0 Å². The smallest absolute Gasteiger partial charge is 0.0738 e. The summed E-state index contributed by atoms with van der Waals surface area (Å²) in [5.41, 5.74) is 6.64. The van der Waals surface area contributed by atoms with Crippen molar-refractivity contribution in [3.63, 3.8) is 0 Å². The second-order valence-corrected chi connectivity index (χ2v) is 1.80. The molecule has 1 rings (SSSR count). The van der Waals surface area contributed by atoms with Crippen LogP contribution in [-0.2, 0) is 6.54 Å². The van der Waals surface area contributed by atoms with Gasteiger partial charge < -0.3 is 0 Å². The van der Waals surface area contributed by atoms with Crippen molar-refractivity contribution < 1.29 is 0 Å². The highest BCUT2D eigenvalue weighted by molar-refractivity contribution is 4.92. The molecule has 1 aromatic heterocycles. The predicted octanol–water partition coefficient (Wildman–Crippen LogP) is -0.299. The van der Waals surface area contributed by atoms with E-state index in [2.05, 4.69) is 20.8 Å². The van der Waals surface area contributed by atoms with Crippen LogP contribution in [0, 0.1) is 0 Å². The Morgan fingerprint density at radius 3 is 3.00 bits per heavy atom. The number of nitrogens with one attached hydrogen (secondary N) is 2. The third-order valence-electron chi connectivity index (χ3n) is 1.06. The number of hydrogen-bond acceptors (Lipinski definition) is 4. The molecule has 0 radical (unpaired) electrons. The van der Waals surface area contributed by atoms with Crippen molar-refractivity contribution in [2.45, 2.75) is 6.54 Å². The summed E-state index contributed by atoms with van der Waals surface area (Å²) in [6, 6.07) is 0. The minimum atomic E-state index is 0.699. The first-order valence-electron chi connectivity index (χ1n) is 3.08. The van der Waals surface area contributed by atoms with Crippen molar-refractivity contribution in [2.75, 3.05) is 7.05 Å². The van der Waals surface area contributed by atoms with Crippen LogP contribution in [0.15, 0.2) is 18.6 Å². The fourth-order valence-corrected chi connectivity index (χ4v) is 0.600. The van der Waals surface area contributed by atoms with Gasteiger partial charge in [0.05, 0.1) is 12.2 Å². The molecular weight excluding hydrogens is 128 g/mol. The summed E-state index contributed by atoms with van der Waals surface area (Å²) in [6.07, 6.45) is 5.06. The van der Waals surface area contributed by atoms with Gasteiger partial charge in [0.15, 0.2) is 0 Å². The fraction of sp³-hybridized carbons (Fsp3) is 0.333. The lowest BCUT2D eigenvalue weighted by Gasteiger charge is -1.99. The molecule has 0 saturated heterocycles. The summed E-state index contributed by atoms with van der Waals surface area (Å²) in [4.78, 5) is 7.96.